The number of anilines is 1. The number of hydrogen-bond acceptors (Lipinski definition) is 5. The molecule has 3 amide bonds. The van der Waals surface area contributed by atoms with E-state index in [-0.39, 0.29) is 36.7 Å². The molecule has 0 saturated carbocycles. The van der Waals surface area contributed by atoms with E-state index in [1.54, 1.807) is 46.2 Å². The number of carbonyl (C=O) groups is 3. The zero-order chi connectivity index (χ0) is 34.2. The number of aliphatic hydroxyl groups is 1. The lowest BCUT2D eigenvalue weighted by molar-refractivity contribution is -0.154. The minimum absolute atomic E-state index is 0.152. The molecule has 2 bridgehead atoms. The number of amides is 3. The highest BCUT2D eigenvalue weighted by Gasteiger charge is 2.80. The van der Waals surface area contributed by atoms with Crippen LogP contribution >= 0.6 is 11.6 Å². The molecule has 9 heteroatoms. The third kappa shape index (κ3) is 5.46. The lowest BCUT2D eigenvalue weighted by Crippen LogP contribution is -2.57. The van der Waals surface area contributed by atoms with Crippen LogP contribution in [0, 0.1) is 17.8 Å². The predicted octanol–water partition coefficient (Wildman–Crippen LogP) is 5.82. The van der Waals surface area contributed by atoms with Crippen LogP contribution < -0.4 is 4.90 Å². The summed E-state index contributed by atoms with van der Waals surface area (Å²) < 4.78 is 7.03. The molecule has 3 aliphatic heterocycles. The van der Waals surface area contributed by atoms with Crippen molar-refractivity contribution in [1.29, 1.82) is 0 Å². The first-order valence-corrected chi connectivity index (χ1v) is 16.8. The normalized spacial score (nSPS) is 27.8. The van der Waals surface area contributed by atoms with Crippen molar-refractivity contribution in [3.8, 4) is 0 Å². The van der Waals surface area contributed by atoms with E-state index in [0.717, 1.165) is 5.56 Å². The second-order valence-electron chi connectivity index (χ2n) is 13.3. The Balaban J connectivity index is 1.49. The minimum Gasteiger partial charge on any atom is -0.394 e. The highest BCUT2D eigenvalue weighted by Crippen LogP contribution is 2.66. The fourth-order valence-corrected chi connectivity index (χ4v) is 8.43. The summed E-state index contributed by atoms with van der Waals surface area (Å²) in [5.41, 5.74) is -0.119. The summed E-state index contributed by atoms with van der Waals surface area (Å²) in [5, 5.41) is 11.4. The molecule has 0 aromatic heterocycles. The van der Waals surface area contributed by atoms with Gasteiger partial charge in [0.15, 0.2) is 0 Å². The van der Waals surface area contributed by atoms with Crippen molar-refractivity contribution in [3.63, 3.8) is 0 Å². The van der Waals surface area contributed by atoms with Crippen LogP contribution in [0.5, 0.6) is 0 Å². The zero-order valence-corrected chi connectivity index (χ0v) is 28.1. The molecule has 250 valence electrons. The summed E-state index contributed by atoms with van der Waals surface area (Å²) in [6, 6.07) is 23.8. The van der Waals surface area contributed by atoms with Gasteiger partial charge in [-0.3, -0.25) is 14.4 Å². The largest absolute Gasteiger partial charge is 0.394 e. The molecule has 6 rings (SSSR count). The molecule has 3 saturated heterocycles. The number of rotatable bonds is 12. The molecule has 0 aliphatic carbocycles. The second kappa shape index (κ2) is 13.3. The second-order valence-corrected chi connectivity index (χ2v) is 13.7. The number of hydrogen-bond donors (Lipinski definition) is 1. The van der Waals surface area contributed by atoms with Gasteiger partial charge in [-0.2, -0.15) is 0 Å². The van der Waals surface area contributed by atoms with Crippen molar-refractivity contribution in [2.45, 2.75) is 50.1 Å². The number of aliphatic hydroxyl groups excluding tert-OH is 1. The molecule has 3 aromatic carbocycles. The van der Waals surface area contributed by atoms with Gasteiger partial charge in [0.1, 0.15) is 11.6 Å². The fourth-order valence-electron chi connectivity index (χ4n) is 8.31. The van der Waals surface area contributed by atoms with E-state index in [1.807, 2.05) is 74.5 Å². The van der Waals surface area contributed by atoms with Gasteiger partial charge in [0.25, 0.3) is 5.91 Å². The Hall–Kier alpha value is -4.24. The van der Waals surface area contributed by atoms with Crippen LogP contribution in [-0.2, 0) is 25.7 Å². The third-order valence-electron chi connectivity index (χ3n) is 10.5. The van der Waals surface area contributed by atoms with Gasteiger partial charge in [0.2, 0.25) is 11.8 Å². The van der Waals surface area contributed by atoms with Crippen molar-refractivity contribution in [3.05, 3.63) is 126 Å². The summed E-state index contributed by atoms with van der Waals surface area (Å²) in [6.45, 7) is 12.1. The Labute approximate surface area is 287 Å². The standard InChI is InChI=1S/C39H42ClN3O5/c1-5-21-41(24-27-13-9-7-10-14-27)35(45)32-33-36(46)43(31(25-44)28-15-11-8-12-16-28)34(39(33)23-26(3)38(32,4)48-39)37(47)42(22-6-2)30-19-17-29(40)18-20-30/h5-20,26,31-34,44H,1-2,21-25H2,3-4H3/t26?,31-,32-,33+,34?,38+,39?/m1/s1. The van der Waals surface area contributed by atoms with Gasteiger partial charge in [-0.05, 0) is 54.7 Å². The highest BCUT2D eigenvalue weighted by molar-refractivity contribution is 6.30. The Bertz CT molecular complexity index is 1680. The van der Waals surface area contributed by atoms with E-state index in [9.17, 15) is 9.90 Å². The molecule has 3 heterocycles. The lowest BCUT2D eigenvalue weighted by atomic mass is 9.62. The van der Waals surface area contributed by atoms with Crippen molar-refractivity contribution in [2.75, 3.05) is 24.6 Å². The number of carbonyl (C=O) groups excluding carboxylic acids is 3. The number of nitrogens with zero attached hydrogens (tertiary/aromatic N) is 3. The molecule has 0 radical (unpaired) electrons. The molecular weight excluding hydrogens is 626 g/mol. The number of halogens is 1. The predicted molar refractivity (Wildman–Crippen MR) is 186 cm³/mol. The highest BCUT2D eigenvalue weighted by atomic mass is 35.5. The molecule has 3 unspecified atom stereocenters. The summed E-state index contributed by atoms with van der Waals surface area (Å²) in [5.74, 6) is -2.94. The van der Waals surface area contributed by atoms with Crippen LogP contribution in [-0.4, -0.2) is 69.6 Å². The first-order chi connectivity index (χ1) is 23.1. The quantitative estimate of drug-likeness (QED) is 0.246. The van der Waals surface area contributed by atoms with Crippen LogP contribution in [0.2, 0.25) is 5.02 Å². The first-order valence-electron chi connectivity index (χ1n) is 16.4. The Morgan fingerprint density at radius 1 is 1.00 bits per heavy atom. The molecule has 1 spiro atoms. The van der Waals surface area contributed by atoms with Crippen LogP contribution in [0.25, 0.3) is 0 Å². The van der Waals surface area contributed by atoms with Gasteiger partial charge in [0, 0.05) is 30.3 Å². The SMILES string of the molecule is C=CCN(Cc1ccccc1)C(=O)[C@H]1[C@H]2C(=O)N([C@H](CO)c3ccccc3)C(C(=O)N(CC=C)c3ccc(Cl)cc3)C23CC(C)[C@]1(C)O3. The average molecular weight is 668 g/mol. The van der Waals surface area contributed by atoms with E-state index in [2.05, 4.69) is 13.2 Å². The maximum atomic E-state index is 15.1. The number of likely N-dealkylation sites (tertiary alicyclic amines) is 1. The Kier molecular flexibility index (Phi) is 9.35. The van der Waals surface area contributed by atoms with Crippen molar-refractivity contribution in [2.24, 2.45) is 17.8 Å². The van der Waals surface area contributed by atoms with E-state index in [0.29, 0.717) is 29.2 Å². The van der Waals surface area contributed by atoms with Crippen LogP contribution in [0.15, 0.2) is 110 Å². The summed E-state index contributed by atoms with van der Waals surface area (Å²) in [4.78, 5) is 49.8. The zero-order valence-electron chi connectivity index (χ0n) is 27.4. The van der Waals surface area contributed by atoms with E-state index < -0.39 is 41.7 Å². The monoisotopic (exact) mass is 667 g/mol. The third-order valence-corrected chi connectivity index (χ3v) is 10.8. The number of fused-ring (bicyclic) bond motifs is 1. The maximum absolute atomic E-state index is 15.1. The van der Waals surface area contributed by atoms with Crippen molar-refractivity contribution < 1.29 is 24.2 Å². The van der Waals surface area contributed by atoms with Crippen molar-refractivity contribution in [1.82, 2.24) is 9.80 Å². The lowest BCUT2D eigenvalue weighted by Gasteiger charge is -2.39. The molecule has 3 aliphatic rings. The van der Waals surface area contributed by atoms with Crippen LogP contribution in [0.1, 0.15) is 37.4 Å². The fraction of sp³-hybridized carbons (Fsp3) is 0.359. The summed E-state index contributed by atoms with van der Waals surface area (Å²) >= 11 is 6.20. The summed E-state index contributed by atoms with van der Waals surface area (Å²) in [7, 11) is 0. The molecule has 1 N–H and O–H groups in total. The van der Waals surface area contributed by atoms with Crippen molar-refractivity contribution >= 4 is 35.0 Å². The molecule has 8 nitrogen and oxygen atoms in total. The Morgan fingerprint density at radius 3 is 2.23 bits per heavy atom. The molecule has 7 atom stereocenters. The van der Waals surface area contributed by atoms with Gasteiger partial charge in [-0.1, -0.05) is 91.3 Å². The van der Waals surface area contributed by atoms with Gasteiger partial charge in [-0.15, -0.1) is 13.2 Å². The molecule has 3 fully saturated rings. The average Bonchev–Trinajstić information content (AvgIpc) is 3.61. The summed E-state index contributed by atoms with van der Waals surface area (Å²) in [6.07, 6.45) is 3.71. The van der Waals surface area contributed by atoms with Crippen LogP contribution in [0.4, 0.5) is 5.69 Å². The number of ether oxygens (including phenoxy) is 1. The van der Waals surface area contributed by atoms with E-state index in [4.69, 9.17) is 16.3 Å². The smallest absolute Gasteiger partial charge is 0.253 e. The Morgan fingerprint density at radius 2 is 1.62 bits per heavy atom. The number of benzene rings is 3. The van der Waals surface area contributed by atoms with E-state index in [1.165, 1.54) is 4.90 Å². The minimum atomic E-state index is -1.32. The van der Waals surface area contributed by atoms with Crippen LogP contribution in [0.3, 0.4) is 0 Å². The van der Waals surface area contributed by atoms with Gasteiger partial charge < -0.3 is 24.5 Å². The molecule has 3 aromatic rings. The first kappa shape index (κ1) is 33.7. The topological polar surface area (TPSA) is 90.4 Å². The van der Waals surface area contributed by atoms with E-state index >= 15 is 9.59 Å². The van der Waals surface area contributed by atoms with Gasteiger partial charge >= 0.3 is 0 Å². The van der Waals surface area contributed by atoms with Gasteiger partial charge in [-0.25, -0.2) is 0 Å². The maximum Gasteiger partial charge on any atom is 0.253 e. The van der Waals surface area contributed by atoms with Gasteiger partial charge in [0.05, 0.1) is 30.1 Å². The molecular formula is C39H42ClN3O5. The molecule has 48 heavy (non-hydrogen) atoms.